The van der Waals surface area contributed by atoms with Crippen molar-refractivity contribution in [3.63, 3.8) is 0 Å². The van der Waals surface area contributed by atoms with E-state index in [-0.39, 0.29) is 5.91 Å². The zero-order valence-electron chi connectivity index (χ0n) is 14.9. The Morgan fingerprint density at radius 2 is 2.12 bits per heavy atom. The van der Waals surface area contributed by atoms with Gasteiger partial charge >= 0.3 is 0 Å². The molecule has 2 saturated heterocycles. The van der Waals surface area contributed by atoms with Crippen molar-refractivity contribution in [1.82, 2.24) is 15.4 Å². The molecule has 1 aromatic heterocycles. The van der Waals surface area contributed by atoms with Crippen LogP contribution in [0, 0.1) is 6.92 Å². The number of aryl methyl sites for hydroxylation is 1. The van der Waals surface area contributed by atoms with Crippen LogP contribution in [0.15, 0.2) is 34.9 Å². The molecule has 1 N–H and O–H groups in total. The van der Waals surface area contributed by atoms with E-state index < -0.39 is 5.60 Å². The van der Waals surface area contributed by atoms with Crippen LogP contribution in [0.1, 0.15) is 16.1 Å². The average Bonchev–Trinajstić information content (AvgIpc) is 2.92. The molecule has 138 valence electrons. The summed E-state index contributed by atoms with van der Waals surface area (Å²) < 4.78 is 17.0. The highest BCUT2D eigenvalue weighted by Crippen LogP contribution is 2.28. The van der Waals surface area contributed by atoms with Gasteiger partial charge in [-0.3, -0.25) is 4.79 Å². The highest BCUT2D eigenvalue weighted by molar-refractivity contribution is 6.00. The van der Waals surface area contributed by atoms with E-state index in [2.05, 4.69) is 10.5 Å². The van der Waals surface area contributed by atoms with Gasteiger partial charge in [0.25, 0.3) is 5.91 Å². The third-order valence-corrected chi connectivity index (χ3v) is 4.89. The number of carbonyl (C=O) groups is 1. The normalized spacial score (nSPS) is 23.8. The van der Waals surface area contributed by atoms with E-state index in [1.807, 2.05) is 35.2 Å². The van der Waals surface area contributed by atoms with Crippen molar-refractivity contribution >= 4 is 5.91 Å². The van der Waals surface area contributed by atoms with Crippen molar-refractivity contribution < 1.29 is 18.8 Å². The van der Waals surface area contributed by atoms with E-state index in [1.165, 1.54) is 0 Å². The van der Waals surface area contributed by atoms with Crippen molar-refractivity contribution in [3.8, 4) is 11.3 Å². The van der Waals surface area contributed by atoms with Gasteiger partial charge in [0.05, 0.1) is 26.4 Å². The van der Waals surface area contributed by atoms with E-state index in [0.717, 1.165) is 12.1 Å². The van der Waals surface area contributed by atoms with Crippen LogP contribution in [-0.2, 0) is 9.47 Å². The minimum atomic E-state index is -0.498. The summed E-state index contributed by atoms with van der Waals surface area (Å²) in [4.78, 5) is 15.1. The standard InChI is InChI=1S/C19H23N3O4/c1-14-16(17(21-26-14)15-5-3-2-4-6-15)18(23)22-8-10-25-19(12-22)11-20-7-9-24-13-19/h2-6,20H,7-13H2,1H3/t19-/m0/s1. The number of ether oxygens (including phenoxy) is 2. The van der Waals surface area contributed by atoms with E-state index in [1.54, 1.807) is 6.92 Å². The molecule has 7 nitrogen and oxygen atoms in total. The average molecular weight is 357 g/mol. The fraction of sp³-hybridized carbons (Fsp3) is 0.474. The van der Waals surface area contributed by atoms with Crippen molar-refractivity contribution in [2.24, 2.45) is 0 Å². The number of morpholine rings is 1. The Morgan fingerprint density at radius 3 is 2.96 bits per heavy atom. The fourth-order valence-electron chi connectivity index (χ4n) is 3.56. The van der Waals surface area contributed by atoms with Crippen LogP contribution < -0.4 is 5.32 Å². The van der Waals surface area contributed by atoms with E-state index >= 15 is 0 Å². The zero-order chi connectivity index (χ0) is 18.0. The molecule has 0 bridgehead atoms. The summed E-state index contributed by atoms with van der Waals surface area (Å²) in [6.45, 7) is 5.89. The van der Waals surface area contributed by atoms with Crippen LogP contribution in [0.3, 0.4) is 0 Å². The quantitative estimate of drug-likeness (QED) is 0.877. The van der Waals surface area contributed by atoms with Gasteiger partial charge in [-0.05, 0) is 6.92 Å². The van der Waals surface area contributed by atoms with Gasteiger partial charge < -0.3 is 24.2 Å². The number of hydrogen-bond acceptors (Lipinski definition) is 6. The highest BCUT2D eigenvalue weighted by atomic mass is 16.5. The van der Waals surface area contributed by atoms with Gasteiger partial charge in [0.2, 0.25) is 0 Å². The maximum absolute atomic E-state index is 13.3. The molecule has 2 aliphatic heterocycles. The number of hydrogen-bond donors (Lipinski definition) is 1. The number of benzene rings is 1. The summed E-state index contributed by atoms with van der Waals surface area (Å²) in [7, 11) is 0. The van der Waals surface area contributed by atoms with Crippen LogP contribution in [0.5, 0.6) is 0 Å². The first-order valence-electron chi connectivity index (χ1n) is 8.92. The maximum Gasteiger partial charge on any atom is 0.259 e. The largest absolute Gasteiger partial charge is 0.377 e. The molecule has 4 rings (SSSR count). The minimum absolute atomic E-state index is 0.0745. The van der Waals surface area contributed by atoms with Gasteiger partial charge in [0.15, 0.2) is 0 Å². The van der Waals surface area contributed by atoms with Crippen molar-refractivity contribution in [1.29, 1.82) is 0 Å². The van der Waals surface area contributed by atoms with Gasteiger partial charge in [-0.15, -0.1) is 0 Å². The van der Waals surface area contributed by atoms with Crippen LogP contribution in [0.25, 0.3) is 11.3 Å². The summed E-state index contributed by atoms with van der Waals surface area (Å²) in [5.41, 5.74) is 1.48. The van der Waals surface area contributed by atoms with E-state index in [4.69, 9.17) is 14.0 Å². The fourth-order valence-corrected chi connectivity index (χ4v) is 3.56. The summed E-state index contributed by atoms with van der Waals surface area (Å²) in [5, 5.41) is 7.46. The lowest BCUT2D eigenvalue weighted by Crippen LogP contribution is -2.59. The van der Waals surface area contributed by atoms with Gasteiger partial charge in [-0.2, -0.15) is 0 Å². The van der Waals surface area contributed by atoms with Crippen LogP contribution in [-0.4, -0.2) is 67.6 Å². The van der Waals surface area contributed by atoms with Gasteiger partial charge in [0.1, 0.15) is 22.6 Å². The smallest absolute Gasteiger partial charge is 0.259 e. The second kappa shape index (κ2) is 7.19. The van der Waals surface area contributed by atoms with Gasteiger partial charge in [0, 0.05) is 25.2 Å². The molecule has 2 aromatic rings. The Labute approximate surface area is 152 Å². The third kappa shape index (κ3) is 3.25. The first-order chi connectivity index (χ1) is 12.7. The molecule has 3 heterocycles. The SMILES string of the molecule is Cc1onc(-c2ccccc2)c1C(=O)N1CCO[C@@]2(CNCCOC2)C1. The Balaban J connectivity index is 1.61. The Bertz CT molecular complexity index is 766. The second-order valence-electron chi connectivity index (χ2n) is 6.82. The molecule has 1 aromatic carbocycles. The van der Waals surface area contributed by atoms with Gasteiger partial charge in [-0.25, -0.2) is 0 Å². The Kier molecular flexibility index (Phi) is 4.76. The molecule has 2 fully saturated rings. The molecule has 2 aliphatic rings. The molecule has 1 amide bonds. The number of nitrogens with one attached hydrogen (secondary N) is 1. The summed E-state index contributed by atoms with van der Waals surface area (Å²) in [6.07, 6.45) is 0. The van der Waals surface area contributed by atoms with E-state index in [0.29, 0.717) is 56.5 Å². The number of amides is 1. The van der Waals surface area contributed by atoms with Crippen molar-refractivity contribution in [2.45, 2.75) is 12.5 Å². The minimum Gasteiger partial charge on any atom is -0.377 e. The zero-order valence-corrected chi connectivity index (χ0v) is 14.9. The number of carbonyl (C=O) groups excluding carboxylic acids is 1. The Morgan fingerprint density at radius 1 is 1.27 bits per heavy atom. The lowest BCUT2D eigenvalue weighted by atomic mass is 10.0. The molecule has 0 radical (unpaired) electrons. The molecular weight excluding hydrogens is 334 g/mol. The first kappa shape index (κ1) is 17.2. The molecule has 7 heteroatoms. The second-order valence-corrected chi connectivity index (χ2v) is 6.82. The van der Waals surface area contributed by atoms with Crippen LogP contribution >= 0.6 is 0 Å². The highest BCUT2D eigenvalue weighted by Gasteiger charge is 2.40. The molecule has 1 atom stereocenters. The van der Waals surface area contributed by atoms with Crippen LogP contribution in [0.4, 0.5) is 0 Å². The van der Waals surface area contributed by atoms with E-state index in [9.17, 15) is 4.79 Å². The predicted molar refractivity (Wildman–Crippen MR) is 95.0 cm³/mol. The lowest BCUT2D eigenvalue weighted by Gasteiger charge is -2.41. The summed E-state index contributed by atoms with van der Waals surface area (Å²) in [6, 6.07) is 9.64. The molecule has 1 spiro atoms. The van der Waals surface area contributed by atoms with Crippen LogP contribution in [0.2, 0.25) is 0 Å². The Hall–Kier alpha value is -2.22. The summed E-state index contributed by atoms with van der Waals surface area (Å²) >= 11 is 0. The lowest BCUT2D eigenvalue weighted by molar-refractivity contribution is -0.125. The molecular formula is C19H23N3O4. The molecule has 0 unspecified atom stereocenters. The predicted octanol–water partition coefficient (Wildman–Crippen LogP) is 1.48. The van der Waals surface area contributed by atoms with Crippen molar-refractivity contribution in [3.05, 3.63) is 41.7 Å². The molecule has 0 aliphatic carbocycles. The third-order valence-electron chi connectivity index (χ3n) is 4.89. The molecule has 0 saturated carbocycles. The first-order valence-corrected chi connectivity index (χ1v) is 8.92. The number of aromatic nitrogens is 1. The maximum atomic E-state index is 13.3. The summed E-state index contributed by atoms with van der Waals surface area (Å²) in [5.74, 6) is 0.458. The monoisotopic (exact) mass is 357 g/mol. The molecule has 26 heavy (non-hydrogen) atoms. The topological polar surface area (TPSA) is 76.8 Å². The van der Waals surface area contributed by atoms with Crippen molar-refractivity contribution in [2.75, 3.05) is 46.0 Å². The number of rotatable bonds is 2. The van der Waals surface area contributed by atoms with Gasteiger partial charge in [-0.1, -0.05) is 35.5 Å². The number of nitrogens with zero attached hydrogens (tertiary/aromatic N) is 2.